The average molecular weight is 481 g/mol. The van der Waals surface area contributed by atoms with Gasteiger partial charge in [-0.25, -0.2) is 0 Å². The standard InChI is InChI=1S/C31H44O4/c1-27(2,3)28(4,32)23-17-29-13-14-31(23,34-6)26-30(29)12-11-19(15-18-7-8-18)21(29)16-20-9-10-22(33-5)25(35-26)24(20)30/h9-10,18-19,21,23,26,32H,7-8,11-17H2,1-6H3/t19?,21-,23+,26+,28?,29?,30?,31+/m0/s1. The fourth-order valence-electron chi connectivity index (χ4n) is 10.3. The summed E-state index contributed by atoms with van der Waals surface area (Å²) in [7, 11) is 3.65. The molecule has 4 bridgehead atoms. The van der Waals surface area contributed by atoms with Crippen LogP contribution in [0, 0.1) is 34.5 Å². The smallest absolute Gasteiger partial charge is 0.165 e. The van der Waals surface area contributed by atoms with Crippen LogP contribution in [0.1, 0.15) is 90.2 Å². The number of hydrogen-bond donors (Lipinski definition) is 1. The molecule has 8 atom stereocenters. The van der Waals surface area contributed by atoms with E-state index in [1.54, 1.807) is 7.11 Å². The van der Waals surface area contributed by atoms with Crippen molar-refractivity contribution >= 4 is 0 Å². The van der Waals surface area contributed by atoms with Gasteiger partial charge in [-0.1, -0.05) is 39.7 Å². The van der Waals surface area contributed by atoms with E-state index in [9.17, 15) is 5.11 Å². The molecule has 0 saturated heterocycles. The number of ether oxygens (including phenoxy) is 3. The Morgan fingerprint density at radius 1 is 1.06 bits per heavy atom. The Morgan fingerprint density at radius 2 is 1.83 bits per heavy atom. The van der Waals surface area contributed by atoms with Crippen LogP contribution in [0.25, 0.3) is 0 Å². The second-order valence-electron chi connectivity index (χ2n) is 14.4. The Balaban J connectivity index is 1.48. The van der Waals surface area contributed by atoms with Crippen molar-refractivity contribution in [3.8, 4) is 11.5 Å². The Bertz CT molecular complexity index is 1070. The molecule has 0 aromatic heterocycles. The molecule has 0 amide bonds. The minimum absolute atomic E-state index is 0.0199. The summed E-state index contributed by atoms with van der Waals surface area (Å²) in [5.41, 5.74) is 1.49. The molecule has 6 aliphatic carbocycles. The number of fused-ring (bicyclic) bond motifs is 2. The summed E-state index contributed by atoms with van der Waals surface area (Å²) in [6, 6.07) is 4.48. The maximum Gasteiger partial charge on any atom is 0.165 e. The zero-order valence-corrected chi connectivity index (χ0v) is 22.6. The van der Waals surface area contributed by atoms with Crippen LogP contribution in [0.2, 0.25) is 0 Å². The van der Waals surface area contributed by atoms with E-state index in [1.807, 2.05) is 7.11 Å². The largest absolute Gasteiger partial charge is 0.493 e. The summed E-state index contributed by atoms with van der Waals surface area (Å²) in [5, 5.41) is 12.3. The SMILES string of the molecule is COc1ccc2c3c1O[C@@H]1C34CCC(CC3CC3)[C@H](C2)C42CC[C@@]1(OC)[C@@H](C(C)(O)C(C)(C)C)C2. The summed E-state index contributed by atoms with van der Waals surface area (Å²) < 4.78 is 19.7. The first-order valence-corrected chi connectivity index (χ1v) is 14.2. The van der Waals surface area contributed by atoms with Crippen LogP contribution >= 0.6 is 0 Å². The lowest BCUT2D eigenvalue weighted by Crippen LogP contribution is -2.80. The van der Waals surface area contributed by atoms with Crippen molar-refractivity contribution in [3.63, 3.8) is 0 Å². The zero-order chi connectivity index (χ0) is 24.6. The molecule has 4 heteroatoms. The van der Waals surface area contributed by atoms with E-state index >= 15 is 0 Å². The molecular formula is C31H44O4. The number of aliphatic hydroxyl groups is 1. The third-order valence-corrected chi connectivity index (χ3v) is 12.5. The van der Waals surface area contributed by atoms with Gasteiger partial charge in [0.25, 0.3) is 0 Å². The van der Waals surface area contributed by atoms with E-state index in [2.05, 4.69) is 39.8 Å². The molecule has 35 heavy (non-hydrogen) atoms. The van der Waals surface area contributed by atoms with Gasteiger partial charge >= 0.3 is 0 Å². The summed E-state index contributed by atoms with van der Waals surface area (Å²) >= 11 is 0. The third kappa shape index (κ3) is 2.48. The number of rotatable bonds is 5. The lowest BCUT2D eigenvalue weighted by Gasteiger charge is -2.75. The molecular weight excluding hydrogens is 436 g/mol. The van der Waals surface area contributed by atoms with Gasteiger partial charge in [0, 0.05) is 24.0 Å². The Hall–Kier alpha value is -1.26. The van der Waals surface area contributed by atoms with Crippen LogP contribution in [-0.4, -0.2) is 36.6 Å². The molecule has 192 valence electrons. The van der Waals surface area contributed by atoms with Gasteiger partial charge in [-0.05, 0) is 92.1 Å². The highest BCUT2D eigenvalue weighted by Gasteiger charge is 2.82. The molecule has 1 aliphatic heterocycles. The second-order valence-corrected chi connectivity index (χ2v) is 14.4. The molecule has 8 rings (SSSR count). The molecule has 1 heterocycles. The first-order valence-electron chi connectivity index (χ1n) is 14.2. The van der Waals surface area contributed by atoms with Gasteiger partial charge in [0.2, 0.25) is 0 Å². The number of benzene rings is 1. The normalized spacial score (nSPS) is 44.4. The molecule has 2 spiro atoms. The predicted octanol–water partition coefficient (Wildman–Crippen LogP) is 6.06. The first kappa shape index (κ1) is 22.9. The zero-order valence-electron chi connectivity index (χ0n) is 22.6. The van der Waals surface area contributed by atoms with Crippen molar-refractivity contribution in [1.29, 1.82) is 0 Å². The summed E-state index contributed by atoms with van der Waals surface area (Å²) in [4.78, 5) is 0. The lowest BCUT2D eigenvalue weighted by molar-refractivity contribution is -0.314. The first-order chi connectivity index (χ1) is 16.6. The van der Waals surface area contributed by atoms with Gasteiger partial charge in [0.15, 0.2) is 11.5 Å². The van der Waals surface area contributed by atoms with Gasteiger partial charge in [0.05, 0.1) is 12.7 Å². The fraction of sp³-hybridized carbons (Fsp3) is 0.806. The van der Waals surface area contributed by atoms with Crippen LogP contribution < -0.4 is 9.47 Å². The highest BCUT2D eigenvalue weighted by molar-refractivity contribution is 5.63. The Labute approximate surface area is 211 Å². The van der Waals surface area contributed by atoms with Crippen molar-refractivity contribution < 1.29 is 19.3 Å². The minimum Gasteiger partial charge on any atom is -0.493 e. The molecule has 5 saturated carbocycles. The van der Waals surface area contributed by atoms with Crippen molar-refractivity contribution in [2.75, 3.05) is 14.2 Å². The monoisotopic (exact) mass is 480 g/mol. The summed E-state index contributed by atoms with van der Waals surface area (Å²) in [6.07, 6.45) is 11.1. The molecule has 1 N–H and O–H groups in total. The third-order valence-electron chi connectivity index (χ3n) is 12.5. The summed E-state index contributed by atoms with van der Waals surface area (Å²) in [6.45, 7) is 8.65. The molecule has 0 radical (unpaired) electrons. The van der Waals surface area contributed by atoms with Gasteiger partial charge in [0.1, 0.15) is 11.7 Å². The van der Waals surface area contributed by atoms with E-state index in [1.165, 1.54) is 49.7 Å². The highest BCUT2D eigenvalue weighted by atomic mass is 16.6. The van der Waals surface area contributed by atoms with Gasteiger partial charge in [-0.2, -0.15) is 0 Å². The van der Waals surface area contributed by atoms with Crippen LogP contribution in [0.4, 0.5) is 0 Å². The summed E-state index contributed by atoms with van der Waals surface area (Å²) in [5.74, 6) is 4.30. The van der Waals surface area contributed by atoms with E-state index in [0.717, 1.165) is 42.6 Å². The van der Waals surface area contributed by atoms with Crippen molar-refractivity contribution in [3.05, 3.63) is 23.3 Å². The lowest BCUT2D eigenvalue weighted by atomic mass is 9.30. The van der Waals surface area contributed by atoms with Crippen molar-refractivity contribution in [2.45, 2.75) is 108 Å². The molecule has 5 fully saturated rings. The molecule has 1 aromatic carbocycles. The maximum atomic E-state index is 12.3. The average Bonchev–Trinajstić information content (AvgIpc) is 3.56. The van der Waals surface area contributed by atoms with Gasteiger partial charge < -0.3 is 19.3 Å². The highest BCUT2D eigenvalue weighted by Crippen LogP contribution is 2.80. The second kappa shape index (κ2) is 6.78. The van der Waals surface area contributed by atoms with Crippen LogP contribution in [0.15, 0.2) is 12.1 Å². The van der Waals surface area contributed by atoms with Crippen molar-refractivity contribution in [1.82, 2.24) is 0 Å². The van der Waals surface area contributed by atoms with Gasteiger partial charge in [-0.3, -0.25) is 0 Å². The van der Waals surface area contributed by atoms with Crippen LogP contribution in [-0.2, 0) is 16.6 Å². The predicted molar refractivity (Wildman–Crippen MR) is 136 cm³/mol. The topological polar surface area (TPSA) is 47.9 Å². The molecule has 1 aromatic rings. The number of hydrogen-bond acceptors (Lipinski definition) is 4. The van der Waals surface area contributed by atoms with E-state index < -0.39 is 11.2 Å². The minimum atomic E-state index is -0.860. The molecule has 7 aliphatic rings. The maximum absolute atomic E-state index is 12.3. The van der Waals surface area contributed by atoms with Gasteiger partial charge in [-0.15, -0.1) is 0 Å². The van der Waals surface area contributed by atoms with E-state index in [0.29, 0.717) is 5.92 Å². The molecule has 4 unspecified atom stereocenters. The fourth-order valence-corrected chi connectivity index (χ4v) is 10.3. The van der Waals surface area contributed by atoms with Crippen LogP contribution in [0.5, 0.6) is 11.5 Å². The Morgan fingerprint density at radius 3 is 2.49 bits per heavy atom. The number of methoxy groups -OCH3 is 2. The van der Waals surface area contributed by atoms with Crippen LogP contribution in [0.3, 0.4) is 0 Å². The van der Waals surface area contributed by atoms with Crippen molar-refractivity contribution in [2.24, 2.45) is 34.5 Å². The Kier molecular flexibility index (Phi) is 4.44. The van der Waals surface area contributed by atoms with E-state index in [4.69, 9.17) is 14.2 Å². The quantitative estimate of drug-likeness (QED) is 0.557. The van der Waals surface area contributed by atoms with E-state index in [-0.39, 0.29) is 28.3 Å². The molecule has 4 nitrogen and oxygen atoms in total.